The minimum Gasteiger partial charge on any atom is -0.462 e. The Morgan fingerprint density at radius 1 is 1.36 bits per heavy atom. The lowest BCUT2D eigenvalue weighted by atomic mass is 9.80. The van der Waals surface area contributed by atoms with Crippen LogP contribution in [-0.4, -0.2) is 30.6 Å². The van der Waals surface area contributed by atoms with Crippen LogP contribution in [0, 0.1) is 30.6 Å². The Kier molecular flexibility index (Phi) is 3.95. The van der Waals surface area contributed by atoms with Crippen LogP contribution in [0.2, 0.25) is 5.02 Å². The predicted molar refractivity (Wildman–Crippen MR) is 88.9 cm³/mol. The molecule has 1 saturated heterocycles. The van der Waals surface area contributed by atoms with Crippen LogP contribution in [0.25, 0.3) is 0 Å². The average Bonchev–Trinajstić information content (AvgIpc) is 3.18. The number of hydrogen-bond acceptors (Lipinski definition) is 5. The molecule has 1 aromatic carbocycles. The van der Waals surface area contributed by atoms with Gasteiger partial charge in [0.25, 0.3) is 5.91 Å². The Morgan fingerprint density at radius 3 is 2.92 bits per heavy atom. The molecule has 2 bridgehead atoms. The summed E-state index contributed by atoms with van der Waals surface area (Å²) in [5.41, 5.74) is 1.45. The summed E-state index contributed by atoms with van der Waals surface area (Å²) in [4.78, 5) is 36.3. The fourth-order valence-corrected chi connectivity index (χ4v) is 4.61. The molecule has 1 heterocycles. The lowest BCUT2D eigenvalue weighted by Crippen LogP contribution is -2.34. The first-order valence-corrected chi connectivity index (χ1v) is 8.75. The molecule has 0 spiro atoms. The Hall–Kier alpha value is -2.08. The van der Waals surface area contributed by atoms with Gasteiger partial charge in [-0.05, 0) is 43.4 Å². The molecule has 1 amide bonds. The monoisotopic (exact) mass is 363 g/mol. The van der Waals surface area contributed by atoms with Gasteiger partial charge in [0.05, 0.1) is 11.8 Å². The Labute approximate surface area is 149 Å². The van der Waals surface area contributed by atoms with E-state index in [4.69, 9.17) is 21.1 Å². The van der Waals surface area contributed by atoms with Gasteiger partial charge in [0.2, 0.25) is 0 Å². The second-order valence-electron chi connectivity index (χ2n) is 7.04. The number of benzene rings is 1. The number of fused-ring (bicyclic) bond motifs is 1. The smallest absolute Gasteiger partial charge is 0.310 e. The van der Waals surface area contributed by atoms with E-state index in [1.54, 1.807) is 18.2 Å². The van der Waals surface area contributed by atoms with Crippen molar-refractivity contribution in [1.29, 1.82) is 0 Å². The number of carbonyl (C=O) groups excluding carboxylic acids is 3. The van der Waals surface area contributed by atoms with Gasteiger partial charge in [0.1, 0.15) is 6.10 Å². The number of amides is 1. The van der Waals surface area contributed by atoms with Crippen LogP contribution in [0.3, 0.4) is 0 Å². The van der Waals surface area contributed by atoms with Crippen LogP contribution in [0.5, 0.6) is 0 Å². The van der Waals surface area contributed by atoms with Crippen molar-refractivity contribution in [1.82, 2.24) is 0 Å². The number of halogens is 1. The van der Waals surface area contributed by atoms with Crippen molar-refractivity contribution in [3.63, 3.8) is 0 Å². The van der Waals surface area contributed by atoms with Crippen LogP contribution in [0.15, 0.2) is 18.2 Å². The molecule has 1 aliphatic heterocycles. The molecule has 2 saturated carbocycles. The summed E-state index contributed by atoms with van der Waals surface area (Å²) in [5.74, 6) is -1.82. The molecule has 1 aromatic rings. The van der Waals surface area contributed by atoms with Gasteiger partial charge in [-0.25, -0.2) is 0 Å². The zero-order valence-corrected chi connectivity index (χ0v) is 14.4. The first-order chi connectivity index (χ1) is 11.9. The molecule has 0 unspecified atom stereocenters. The number of hydrogen-bond donors (Lipinski definition) is 1. The van der Waals surface area contributed by atoms with Gasteiger partial charge in [0.15, 0.2) is 6.61 Å². The van der Waals surface area contributed by atoms with Gasteiger partial charge in [-0.1, -0.05) is 17.7 Å². The van der Waals surface area contributed by atoms with Crippen LogP contribution in [0.1, 0.15) is 18.4 Å². The highest BCUT2D eigenvalue weighted by atomic mass is 35.5. The highest BCUT2D eigenvalue weighted by molar-refractivity contribution is 6.31. The number of anilines is 1. The molecule has 0 aromatic heterocycles. The largest absolute Gasteiger partial charge is 0.462 e. The minimum atomic E-state index is -0.480. The number of ether oxygens (including phenoxy) is 2. The standard InChI is InChI=1S/C18H18ClNO5/c1-8-2-3-10(6-12(8)19)20-14(21)7-24-17(22)15-9-4-11-13(5-9)25-18(23)16(11)15/h2-3,6,9,11,13,15-16H,4-5,7H2,1H3,(H,20,21)/t9-,11-,13+,15+,16-/m0/s1. The molecule has 5 atom stereocenters. The number of carbonyl (C=O) groups is 3. The molecule has 7 heteroatoms. The Morgan fingerprint density at radius 2 is 2.16 bits per heavy atom. The normalized spacial score (nSPS) is 31.8. The van der Waals surface area contributed by atoms with Crippen molar-refractivity contribution in [2.75, 3.05) is 11.9 Å². The molecule has 132 valence electrons. The second kappa shape index (κ2) is 6.02. The first-order valence-electron chi connectivity index (χ1n) is 8.37. The SMILES string of the molecule is Cc1ccc(NC(=O)COC(=O)[C@@H]2[C@H]3C[C@@H]4[C@@H]2C(=O)O[C@@H]4C3)cc1Cl. The summed E-state index contributed by atoms with van der Waals surface area (Å²) >= 11 is 6.02. The molecule has 4 rings (SSSR count). The van der Waals surface area contributed by atoms with Crippen molar-refractivity contribution in [3.05, 3.63) is 28.8 Å². The van der Waals surface area contributed by atoms with Crippen LogP contribution < -0.4 is 5.32 Å². The van der Waals surface area contributed by atoms with E-state index in [9.17, 15) is 14.4 Å². The predicted octanol–water partition coefficient (Wildman–Crippen LogP) is 2.33. The minimum absolute atomic E-state index is 0.0267. The molecule has 0 radical (unpaired) electrons. The van der Waals surface area contributed by atoms with Crippen molar-refractivity contribution >= 4 is 35.1 Å². The van der Waals surface area contributed by atoms with Gasteiger partial charge in [-0.15, -0.1) is 0 Å². The molecular formula is C18H18ClNO5. The lowest BCUT2D eigenvalue weighted by Gasteiger charge is -2.22. The van der Waals surface area contributed by atoms with Crippen LogP contribution in [-0.2, 0) is 23.9 Å². The third-order valence-corrected chi connectivity index (χ3v) is 5.96. The maximum Gasteiger partial charge on any atom is 0.310 e. The quantitative estimate of drug-likeness (QED) is 0.830. The van der Waals surface area contributed by atoms with Crippen molar-refractivity contribution in [3.8, 4) is 0 Å². The van der Waals surface area contributed by atoms with E-state index in [2.05, 4.69) is 5.32 Å². The fourth-order valence-electron chi connectivity index (χ4n) is 4.43. The van der Waals surface area contributed by atoms with Gasteiger partial charge >= 0.3 is 11.9 Å². The highest BCUT2D eigenvalue weighted by Gasteiger charge is 2.64. The van der Waals surface area contributed by atoms with E-state index < -0.39 is 23.7 Å². The van der Waals surface area contributed by atoms with E-state index in [-0.39, 0.29) is 30.5 Å². The van der Waals surface area contributed by atoms with Crippen LogP contribution >= 0.6 is 11.6 Å². The van der Waals surface area contributed by atoms with Gasteiger partial charge in [-0.3, -0.25) is 14.4 Å². The molecule has 25 heavy (non-hydrogen) atoms. The van der Waals surface area contributed by atoms with E-state index >= 15 is 0 Å². The Bertz CT molecular complexity index is 762. The third-order valence-electron chi connectivity index (χ3n) is 5.56. The second-order valence-corrected chi connectivity index (χ2v) is 7.45. The van der Waals surface area contributed by atoms with Crippen molar-refractivity contribution < 1.29 is 23.9 Å². The summed E-state index contributed by atoms with van der Waals surface area (Å²) in [6, 6.07) is 5.16. The van der Waals surface area contributed by atoms with E-state index in [0.717, 1.165) is 18.4 Å². The van der Waals surface area contributed by atoms with E-state index in [1.165, 1.54) is 0 Å². The average molecular weight is 364 g/mol. The number of nitrogens with one attached hydrogen (secondary N) is 1. The molecule has 3 aliphatic rings. The maximum absolute atomic E-state index is 12.4. The summed E-state index contributed by atoms with van der Waals surface area (Å²) in [7, 11) is 0. The summed E-state index contributed by atoms with van der Waals surface area (Å²) in [5, 5.41) is 3.19. The zero-order valence-electron chi connectivity index (χ0n) is 13.7. The lowest BCUT2D eigenvalue weighted by molar-refractivity contribution is -0.157. The topological polar surface area (TPSA) is 81.7 Å². The van der Waals surface area contributed by atoms with Crippen LogP contribution in [0.4, 0.5) is 5.69 Å². The van der Waals surface area contributed by atoms with Crippen molar-refractivity contribution in [2.45, 2.75) is 25.9 Å². The van der Waals surface area contributed by atoms with Crippen molar-refractivity contribution in [2.24, 2.45) is 23.7 Å². The van der Waals surface area contributed by atoms with Gasteiger partial charge < -0.3 is 14.8 Å². The third kappa shape index (κ3) is 2.78. The zero-order chi connectivity index (χ0) is 17.7. The van der Waals surface area contributed by atoms with E-state index in [1.807, 2.05) is 6.92 Å². The number of esters is 2. The molecular weight excluding hydrogens is 346 g/mol. The van der Waals surface area contributed by atoms with Gasteiger partial charge in [-0.2, -0.15) is 0 Å². The first kappa shape index (κ1) is 16.4. The summed E-state index contributed by atoms with van der Waals surface area (Å²) < 4.78 is 10.5. The highest BCUT2D eigenvalue weighted by Crippen LogP contribution is 2.57. The number of aryl methyl sites for hydroxylation is 1. The van der Waals surface area contributed by atoms with E-state index in [0.29, 0.717) is 10.7 Å². The molecule has 2 aliphatic carbocycles. The summed E-state index contributed by atoms with van der Waals surface area (Å²) in [6.07, 6.45) is 1.52. The molecule has 1 N–H and O–H groups in total. The van der Waals surface area contributed by atoms with Gasteiger partial charge in [0, 0.05) is 16.6 Å². The maximum atomic E-state index is 12.4. The number of rotatable bonds is 4. The molecule has 3 fully saturated rings. The Balaban J connectivity index is 1.34. The molecule has 6 nitrogen and oxygen atoms in total. The summed E-state index contributed by atoms with van der Waals surface area (Å²) in [6.45, 7) is 1.48. The fraction of sp³-hybridized carbons (Fsp3) is 0.500.